The number of ether oxygens (including phenoxy) is 1. The van der Waals surface area contributed by atoms with Gasteiger partial charge in [-0.05, 0) is 67.1 Å². The standard InChI is InChI=1S/C40H43ClN6O6/c1-2-25-21-29-30(22-42-38(29)44-37(25)41)26-10-8-11-27(20-26)46-18-17-45(24-36(46)50)35(49)14-6-4-3-5-7-19-53-33-13-9-12-28-31(33)23-47(40(28)52)32-15-16-34(48)43-39(32)51/h8-13,20-22,32H,2-7,14-19,23-24H2,1H3,(H,42,44)(H,43,48,51). The molecular formula is C40H43ClN6O6. The predicted molar refractivity (Wildman–Crippen MR) is 200 cm³/mol. The number of H-pyrrole nitrogens is 1. The normalized spacial score (nSPS) is 17.5. The number of carbonyl (C=O) groups is 5. The summed E-state index contributed by atoms with van der Waals surface area (Å²) in [5.74, 6) is 0.303. The highest BCUT2D eigenvalue weighted by atomic mass is 35.5. The molecular weight excluding hydrogens is 696 g/mol. The Morgan fingerprint density at radius 3 is 2.57 bits per heavy atom. The molecule has 1 atom stereocenters. The van der Waals surface area contributed by atoms with Gasteiger partial charge >= 0.3 is 0 Å². The van der Waals surface area contributed by atoms with Crippen molar-refractivity contribution < 1.29 is 28.7 Å². The van der Waals surface area contributed by atoms with Gasteiger partial charge < -0.3 is 24.4 Å². The summed E-state index contributed by atoms with van der Waals surface area (Å²) in [6, 6.07) is 14.7. The fourth-order valence-electron chi connectivity index (χ4n) is 7.49. The number of hydrogen-bond acceptors (Lipinski definition) is 7. The van der Waals surface area contributed by atoms with Crippen LogP contribution < -0.4 is 15.0 Å². The lowest BCUT2D eigenvalue weighted by molar-refractivity contribution is -0.137. The third-order valence-electron chi connectivity index (χ3n) is 10.5. The van der Waals surface area contributed by atoms with E-state index in [1.807, 2.05) is 36.5 Å². The maximum Gasteiger partial charge on any atom is 0.255 e. The maximum atomic E-state index is 13.3. The average molecular weight is 739 g/mol. The van der Waals surface area contributed by atoms with Crippen LogP contribution in [0.3, 0.4) is 0 Å². The van der Waals surface area contributed by atoms with E-state index >= 15 is 0 Å². The molecule has 2 aromatic carbocycles. The molecule has 0 aromatic heterocycles. The van der Waals surface area contributed by atoms with Gasteiger partial charge in [-0.15, -0.1) is 0 Å². The summed E-state index contributed by atoms with van der Waals surface area (Å²) < 4.78 is 6.07. The van der Waals surface area contributed by atoms with Crippen molar-refractivity contribution in [2.45, 2.75) is 77.3 Å². The van der Waals surface area contributed by atoms with E-state index < -0.39 is 11.9 Å². The Morgan fingerprint density at radius 1 is 0.943 bits per heavy atom. The number of hydrogen-bond donors (Lipinski definition) is 2. The molecule has 5 aliphatic heterocycles. The van der Waals surface area contributed by atoms with Gasteiger partial charge in [0.25, 0.3) is 5.91 Å². The number of fused-ring (bicyclic) bond motifs is 2. The van der Waals surface area contributed by atoms with E-state index in [0.717, 1.165) is 77.9 Å². The van der Waals surface area contributed by atoms with Crippen LogP contribution in [0.25, 0.3) is 22.5 Å². The van der Waals surface area contributed by atoms with E-state index in [2.05, 4.69) is 28.3 Å². The molecule has 0 saturated carbocycles. The van der Waals surface area contributed by atoms with Crippen molar-refractivity contribution in [1.29, 1.82) is 0 Å². The number of unbranched alkanes of at least 4 members (excludes halogenated alkanes) is 4. The number of piperidine rings is 1. The van der Waals surface area contributed by atoms with Crippen molar-refractivity contribution in [2.24, 2.45) is 0 Å². The Kier molecular flexibility index (Phi) is 10.8. The highest BCUT2D eigenvalue weighted by molar-refractivity contribution is 6.30. The first-order valence-corrected chi connectivity index (χ1v) is 18.8. The molecule has 53 heavy (non-hydrogen) atoms. The minimum Gasteiger partial charge on any atom is -0.493 e. The number of anilines is 1. The van der Waals surface area contributed by atoms with E-state index in [4.69, 9.17) is 16.3 Å². The molecule has 2 saturated heterocycles. The van der Waals surface area contributed by atoms with Crippen LogP contribution in [0.5, 0.6) is 5.75 Å². The second-order valence-corrected chi connectivity index (χ2v) is 14.2. The van der Waals surface area contributed by atoms with Gasteiger partial charge in [0.2, 0.25) is 23.6 Å². The van der Waals surface area contributed by atoms with Crippen molar-refractivity contribution in [3.05, 3.63) is 76.6 Å². The van der Waals surface area contributed by atoms with Crippen LogP contribution in [-0.4, -0.2) is 81.6 Å². The predicted octanol–water partition coefficient (Wildman–Crippen LogP) is 5.75. The minimum atomic E-state index is -0.661. The molecule has 2 N–H and O–H groups in total. The Hall–Kier alpha value is -5.23. The van der Waals surface area contributed by atoms with Gasteiger partial charge in [-0.1, -0.05) is 56.0 Å². The first kappa shape index (κ1) is 36.1. The largest absolute Gasteiger partial charge is 0.493 e. The number of piperazine rings is 1. The van der Waals surface area contributed by atoms with Gasteiger partial charge in [0, 0.05) is 60.1 Å². The van der Waals surface area contributed by atoms with Crippen molar-refractivity contribution in [3.8, 4) is 28.3 Å². The Balaban J connectivity index is 0.822. The van der Waals surface area contributed by atoms with Crippen LogP contribution in [0.15, 0.2) is 54.7 Å². The lowest BCUT2D eigenvalue weighted by Crippen LogP contribution is -2.52. The zero-order valence-electron chi connectivity index (χ0n) is 29.8. The van der Waals surface area contributed by atoms with Gasteiger partial charge in [0.05, 0.1) is 13.2 Å². The fraction of sp³-hybridized carbons (Fsp3) is 0.400. The van der Waals surface area contributed by atoms with Crippen LogP contribution in [0, 0.1) is 0 Å². The highest BCUT2D eigenvalue weighted by Gasteiger charge is 2.40. The topological polar surface area (TPSA) is 145 Å². The second kappa shape index (κ2) is 15.8. The number of nitrogens with zero attached hydrogens (tertiary/aromatic N) is 4. The molecule has 12 nitrogen and oxygen atoms in total. The van der Waals surface area contributed by atoms with Crippen LogP contribution >= 0.6 is 11.6 Å². The number of aromatic amines is 1. The number of halogens is 1. The quantitative estimate of drug-likeness (QED) is 0.101. The number of aromatic nitrogens is 2. The second-order valence-electron chi connectivity index (χ2n) is 13.9. The zero-order chi connectivity index (χ0) is 37.1. The molecule has 5 aliphatic rings. The Labute approximate surface area is 313 Å². The van der Waals surface area contributed by atoms with Crippen molar-refractivity contribution in [1.82, 2.24) is 25.1 Å². The third kappa shape index (κ3) is 7.64. The van der Waals surface area contributed by atoms with Gasteiger partial charge in [0.1, 0.15) is 29.3 Å². The first-order chi connectivity index (χ1) is 25.7. The van der Waals surface area contributed by atoms with Crippen LogP contribution in [-0.2, 0) is 32.1 Å². The van der Waals surface area contributed by atoms with Crippen LogP contribution in [0.1, 0.15) is 79.8 Å². The fourth-order valence-corrected chi connectivity index (χ4v) is 7.77. The van der Waals surface area contributed by atoms with Crippen LogP contribution in [0.4, 0.5) is 5.69 Å². The summed E-state index contributed by atoms with van der Waals surface area (Å²) in [7, 11) is 0. The summed E-state index contributed by atoms with van der Waals surface area (Å²) in [5.41, 5.74) is 6.02. The van der Waals surface area contributed by atoms with Gasteiger partial charge in [-0.25, -0.2) is 4.98 Å². The summed E-state index contributed by atoms with van der Waals surface area (Å²) >= 11 is 6.36. The molecule has 5 amide bonds. The third-order valence-corrected chi connectivity index (χ3v) is 10.8. The zero-order valence-corrected chi connectivity index (χ0v) is 30.5. The number of carbonyl (C=O) groups excluding carboxylic acids is 5. The number of pyridine rings is 1. The summed E-state index contributed by atoms with van der Waals surface area (Å²) in [5, 5.41) is 2.92. The van der Waals surface area contributed by atoms with Crippen LogP contribution in [0.2, 0.25) is 5.15 Å². The number of imide groups is 1. The number of benzene rings is 2. The monoisotopic (exact) mass is 738 g/mol. The van der Waals surface area contributed by atoms with E-state index in [-0.39, 0.29) is 43.1 Å². The summed E-state index contributed by atoms with van der Waals surface area (Å²) in [4.78, 5) is 75.9. The number of rotatable bonds is 13. The van der Waals surface area contributed by atoms with E-state index in [9.17, 15) is 24.0 Å². The summed E-state index contributed by atoms with van der Waals surface area (Å²) in [6.45, 7) is 3.81. The number of nitrogens with one attached hydrogen (secondary N) is 2. The number of aryl methyl sites for hydroxylation is 1. The van der Waals surface area contributed by atoms with Gasteiger partial charge in [-0.2, -0.15) is 0 Å². The molecule has 0 spiro atoms. The molecule has 13 heteroatoms. The lowest BCUT2D eigenvalue weighted by atomic mass is 10.0. The lowest BCUT2D eigenvalue weighted by Gasteiger charge is -2.34. The maximum absolute atomic E-state index is 13.3. The summed E-state index contributed by atoms with van der Waals surface area (Å²) in [6.07, 6.45) is 7.92. The Bertz CT molecular complexity index is 2030. The minimum absolute atomic E-state index is 0.00452. The van der Waals surface area contributed by atoms with E-state index in [1.165, 1.54) is 4.90 Å². The molecule has 0 bridgehead atoms. The number of amides is 5. The first-order valence-electron chi connectivity index (χ1n) is 18.5. The SMILES string of the molecule is CCc1cc2c(-c3cccc(N4CCN(C(=O)CCCCCCCOc5cccc6c5CN(C5CCC(=O)NC5=O)C6=O)CC4=O)c3)cnc-2[nH]c1Cl. The molecule has 7 rings (SSSR count). The Morgan fingerprint density at radius 2 is 1.75 bits per heavy atom. The molecule has 2 fully saturated rings. The van der Waals surface area contributed by atoms with Crippen molar-refractivity contribution in [3.63, 3.8) is 0 Å². The highest BCUT2D eigenvalue weighted by Crippen LogP contribution is 2.37. The van der Waals surface area contributed by atoms with E-state index in [1.54, 1.807) is 21.9 Å². The van der Waals surface area contributed by atoms with Crippen molar-refractivity contribution >= 4 is 46.8 Å². The van der Waals surface area contributed by atoms with E-state index in [0.29, 0.717) is 49.0 Å². The average Bonchev–Trinajstić information content (AvgIpc) is 3.72. The molecule has 276 valence electrons. The molecule has 0 aliphatic carbocycles. The molecule has 2 aromatic rings. The van der Waals surface area contributed by atoms with Crippen molar-refractivity contribution in [2.75, 3.05) is 31.1 Å². The molecule has 0 radical (unpaired) electrons. The smallest absolute Gasteiger partial charge is 0.255 e. The molecule has 1 unspecified atom stereocenters. The van der Waals surface area contributed by atoms with Gasteiger partial charge in [-0.3, -0.25) is 29.3 Å². The molecule has 5 heterocycles. The van der Waals surface area contributed by atoms with Gasteiger partial charge in [0.15, 0.2) is 0 Å².